The van der Waals surface area contributed by atoms with Gasteiger partial charge in [-0.2, -0.15) is 0 Å². The molecular formula is C11H10O4. The number of ketones is 1. The standard InChI is InChI=1S/C11H10O4/c12-5-6-15-11-8-4-2-1-3-7(8)9(13)10(11)14/h1-4,12H,5-6H2,(H,13,14). The molecule has 0 saturated carbocycles. The second-order valence-corrected chi connectivity index (χ2v) is 3.12. The number of hydrogen-bond acceptors (Lipinski definition) is 4. The van der Waals surface area contributed by atoms with Gasteiger partial charge in [0.1, 0.15) is 6.61 Å². The van der Waals surface area contributed by atoms with E-state index in [2.05, 4.69) is 0 Å². The number of fused-ring (bicyclic) bond motifs is 1. The van der Waals surface area contributed by atoms with E-state index in [9.17, 15) is 9.90 Å². The topological polar surface area (TPSA) is 66.8 Å². The van der Waals surface area contributed by atoms with Gasteiger partial charge in [0.15, 0.2) is 5.76 Å². The first-order valence-corrected chi connectivity index (χ1v) is 4.56. The normalized spacial score (nSPS) is 14.3. The molecule has 0 aliphatic heterocycles. The average molecular weight is 206 g/mol. The van der Waals surface area contributed by atoms with Crippen LogP contribution in [0.15, 0.2) is 30.0 Å². The molecule has 15 heavy (non-hydrogen) atoms. The van der Waals surface area contributed by atoms with E-state index in [4.69, 9.17) is 9.84 Å². The number of ether oxygens (including phenoxy) is 1. The molecule has 0 unspecified atom stereocenters. The van der Waals surface area contributed by atoms with E-state index in [1.165, 1.54) is 0 Å². The van der Waals surface area contributed by atoms with E-state index in [0.717, 1.165) is 0 Å². The maximum Gasteiger partial charge on any atom is 0.232 e. The highest BCUT2D eigenvalue weighted by atomic mass is 16.5. The number of carbonyl (C=O) groups is 1. The highest BCUT2D eigenvalue weighted by molar-refractivity contribution is 6.18. The Balaban J connectivity index is 2.41. The van der Waals surface area contributed by atoms with Gasteiger partial charge in [-0.3, -0.25) is 4.79 Å². The van der Waals surface area contributed by atoms with E-state index >= 15 is 0 Å². The van der Waals surface area contributed by atoms with Crippen molar-refractivity contribution in [3.63, 3.8) is 0 Å². The van der Waals surface area contributed by atoms with Crippen molar-refractivity contribution in [2.24, 2.45) is 0 Å². The van der Waals surface area contributed by atoms with Gasteiger partial charge in [0.25, 0.3) is 0 Å². The first kappa shape index (κ1) is 9.73. The van der Waals surface area contributed by atoms with Crippen LogP contribution in [0.5, 0.6) is 0 Å². The number of aliphatic hydroxyl groups excluding tert-OH is 2. The molecule has 4 heteroatoms. The van der Waals surface area contributed by atoms with Crippen molar-refractivity contribution in [3.05, 3.63) is 41.2 Å². The van der Waals surface area contributed by atoms with Crippen molar-refractivity contribution in [1.82, 2.24) is 0 Å². The molecule has 0 heterocycles. The van der Waals surface area contributed by atoms with E-state index < -0.39 is 5.78 Å². The molecule has 0 radical (unpaired) electrons. The van der Waals surface area contributed by atoms with Gasteiger partial charge in [0.05, 0.1) is 6.61 Å². The fraction of sp³-hybridized carbons (Fsp3) is 0.182. The van der Waals surface area contributed by atoms with Crippen LogP contribution >= 0.6 is 0 Å². The molecule has 0 bridgehead atoms. The first-order valence-electron chi connectivity index (χ1n) is 4.56. The van der Waals surface area contributed by atoms with Crippen LogP contribution in [0.2, 0.25) is 0 Å². The predicted molar refractivity (Wildman–Crippen MR) is 53.4 cm³/mol. The van der Waals surface area contributed by atoms with Crippen molar-refractivity contribution < 1.29 is 19.7 Å². The molecule has 0 spiro atoms. The van der Waals surface area contributed by atoms with Crippen molar-refractivity contribution >= 4 is 11.5 Å². The Labute approximate surface area is 86.4 Å². The van der Waals surface area contributed by atoms with Crippen LogP contribution < -0.4 is 0 Å². The minimum absolute atomic E-state index is 0.0566. The summed E-state index contributed by atoms with van der Waals surface area (Å²) in [6.45, 7) is -0.103. The molecule has 78 valence electrons. The summed E-state index contributed by atoms with van der Waals surface area (Å²) in [6, 6.07) is 6.80. The Morgan fingerprint density at radius 1 is 1.20 bits per heavy atom. The molecule has 1 aromatic rings. The van der Waals surface area contributed by atoms with E-state index in [1.54, 1.807) is 24.3 Å². The van der Waals surface area contributed by atoms with Crippen LogP contribution in [-0.4, -0.2) is 29.2 Å². The third-order valence-corrected chi connectivity index (χ3v) is 2.18. The second-order valence-electron chi connectivity index (χ2n) is 3.12. The minimum Gasteiger partial charge on any atom is -0.502 e. The molecule has 1 aliphatic carbocycles. The van der Waals surface area contributed by atoms with Gasteiger partial charge < -0.3 is 14.9 Å². The molecule has 0 saturated heterocycles. The zero-order valence-electron chi connectivity index (χ0n) is 7.93. The van der Waals surface area contributed by atoms with Crippen LogP contribution in [0, 0.1) is 0 Å². The van der Waals surface area contributed by atoms with Gasteiger partial charge in [0, 0.05) is 11.1 Å². The lowest BCUT2D eigenvalue weighted by molar-refractivity contribution is 0.0976. The van der Waals surface area contributed by atoms with Gasteiger partial charge in [-0.1, -0.05) is 24.3 Å². The monoisotopic (exact) mass is 206 g/mol. The lowest BCUT2D eigenvalue weighted by Gasteiger charge is -2.05. The Morgan fingerprint density at radius 3 is 2.53 bits per heavy atom. The van der Waals surface area contributed by atoms with Crippen LogP contribution in [0.25, 0.3) is 5.76 Å². The average Bonchev–Trinajstić information content (AvgIpc) is 2.51. The molecule has 0 amide bonds. The minimum atomic E-state index is -0.432. The Bertz CT molecular complexity index is 434. The smallest absolute Gasteiger partial charge is 0.232 e. The lowest BCUT2D eigenvalue weighted by atomic mass is 10.1. The largest absolute Gasteiger partial charge is 0.502 e. The number of aliphatic hydroxyl groups is 2. The molecule has 1 aliphatic rings. The molecule has 2 N–H and O–H groups in total. The quantitative estimate of drug-likeness (QED) is 0.777. The number of benzene rings is 1. The van der Waals surface area contributed by atoms with Crippen molar-refractivity contribution in [2.75, 3.05) is 13.2 Å². The Kier molecular flexibility index (Phi) is 2.43. The first-order chi connectivity index (χ1) is 7.25. The van der Waals surface area contributed by atoms with Crippen molar-refractivity contribution in [2.45, 2.75) is 0 Å². The molecule has 2 rings (SSSR count). The molecule has 0 atom stereocenters. The summed E-state index contributed by atoms with van der Waals surface area (Å²) in [7, 11) is 0. The molecule has 4 nitrogen and oxygen atoms in total. The summed E-state index contributed by atoms with van der Waals surface area (Å²) in [4.78, 5) is 11.5. The van der Waals surface area contributed by atoms with Crippen molar-refractivity contribution in [3.8, 4) is 0 Å². The van der Waals surface area contributed by atoms with E-state index in [0.29, 0.717) is 11.1 Å². The maximum absolute atomic E-state index is 11.5. The zero-order valence-corrected chi connectivity index (χ0v) is 7.93. The SMILES string of the molecule is O=C1C(O)=C(OCCO)c2ccccc21. The summed E-state index contributed by atoms with van der Waals surface area (Å²) in [5, 5.41) is 18.1. The van der Waals surface area contributed by atoms with E-state index in [1.807, 2.05) is 0 Å². The molecule has 1 aromatic carbocycles. The lowest BCUT2D eigenvalue weighted by Crippen LogP contribution is -2.00. The second kappa shape index (κ2) is 3.74. The van der Waals surface area contributed by atoms with Gasteiger partial charge >= 0.3 is 0 Å². The van der Waals surface area contributed by atoms with Crippen LogP contribution in [-0.2, 0) is 4.74 Å². The van der Waals surface area contributed by atoms with Crippen molar-refractivity contribution in [1.29, 1.82) is 0 Å². The van der Waals surface area contributed by atoms with Gasteiger partial charge in [0.2, 0.25) is 11.5 Å². The molecule has 0 fully saturated rings. The summed E-state index contributed by atoms with van der Waals surface area (Å²) in [6.07, 6.45) is 0. The fourth-order valence-electron chi connectivity index (χ4n) is 1.53. The fourth-order valence-corrected chi connectivity index (χ4v) is 1.53. The Morgan fingerprint density at radius 2 is 1.87 bits per heavy atom. The maximum atomic E-state index is 11.5. The summed E-state index contributed by atoms with van der Waals surface area (Å²) in [5.74, 6) is -0.659. The number of Topliss-reactive ketones (excluding diaryl/α,β-unsaturated/α-hetero) is 1. The molecule has 0 aromatic heterocycles. The number of hydrogen-bond donors (Lipinski definition) is 2. The zero-order chi connectivity index (χ0) is 10.8. The summed E-state index contributed by atoms with van der Waals surface area (Å²) >= 11 is 0. The number of carbonyl (C=O) groups excluding carboxylic acids is 1. The van der Waals surface area contributed by atoms with E-state index in [-0.39, 0.29) is 24.7 Å². The third-order valence-electron chi connectivity index (χ3n) is 2.18. The van der Waals surface area contributed by atoms with Gasteiger partial charge in [-0.05, 0) is 0 Å². The Hall–Kier alpha value is -1.81. The van der Waals surface area contributed by atoms with Crippen LogP contribution in [0.4, 0.5) is 0 Å². The van der Waals surface area contributed by atoms with Gasteiger partial charge in [-0.15, -0.1) is 0 Å². The summed E-state index contributed by atoms with van der Waals surface area (Å²) < 4.78 is 5.12. The number of allylic oxidation sites excluding steroid dienone is 1. The predicted octanol–water partition coefficient (Wildman–Crippen LogP) is 1.12. The number of rotatable bonds is 3. The van der Waals surface area contributed by atoms with Crippen LogP contribution in [0.3, 0.4) is 0 Å². The van der Waals surface area contributed by atoms with Gasteiger partial charge in [-0.25, -0.2) is 0 Å². The van der Waals surface area contributed by atoms with Crippen LogP contribution in [0.1, 0.15) is 15.9 Å². The highest BCUT2D eigenvalue weighted by Gasteiger charge is 2.30. The molecular weight excluding hydrogens is 196 g/mol. The highest BCUT2D eigenvalue weighted by Crippen LogP contribution is 2.31. The third kappa shape index (κ3) is 1.49. The summed E-state index contributed by atoms with van der Waals surface area (Å²) in [5.41, 5.74) is 1.01.